The second-order valence-electron chi connectivity index (χ2n) is 4.83. The number of H-pyrrole nitrogens is 1. The van der Waals surface area contributed by atoms with Gasteiger partial charge in [-0.1, -0.05) is 6.92 Å². The smallest absolute Gasteiger partial charge is 0.244 e. The van der Waals surface area contributed by atoms with Crippen molar-refractivity contribution < 1.29 is 8.42 Å². The first kappa shape index (κ1) is 12.6. The number of aromatic nitrogens is 1. The van der Waals surface area contributed by atoms with Crippen molar-refractivity contribution in [1.82, 2.24) is 9.29 Å². The van der Waals surface area contributed by atoms with E-state index in [9.17, 15) is 8.42 Å². The number of nitrogens with two attached hydrogens (primary N) is 1. The summed E-state index contributed by atoms with van der Waals surface area (Å²) in [4.78, 5) is 3.20. The second-order valence-corrected chi connectivity index (χ2v) is 6.72. The monoisotopic (exact) mass is 257 g/mol. The molecule has 0 amide bonds. The first-order chi connectivity index (χ1) is 7.95. The summed E-state index contributed by atoms with van der Waals surface area (Å²) < 4.78 is 26.4. The van der Waals surface area contributed by atoms with Crippen molar-refractivity contribution in [3.63, 3.8) is 0 Å². The Hall–Kier alpha value is -0.850. The predicted molar refractivity (Wildman–Crippen MR) is 65.8 cm³/mol. The van der Waals surface area contributed by atoms with Crippen LogP contribution >= 0.6 is 0 Å². The maximum atomic E-state index is 12.4. The van der Waals surface area contributed by atoms with Gasteiger partial charge >= 0.3 is 0 Å². The molecule has 2 heterocycles. The lowest BCUT2D eigenvalue weighted by atomic mass is 10.1. The van der Waals surface area contributed by atoms with Gasteiger partial charge in [0.25, 0.3) is 0 Å². The number of hydrogen-bond donors (Lipinski definition) is 2. The molecule has 0 aromatic carbocycles. The van der Waals surface area contributed by atoms with Crippen molar-refractivity contribution >= 4 is 10.0 Å². The van der Waals surface area contributed by atoms with E-state index >= 15 is 0 Å². The lowest BCUT2D eigenvalue weighted by Crippen LogP contribution is -2.33. The van der Waals surface area contributed by atoms with Gasteiger partial charge in [0.1, 0.15) is 0 Å². The Morgan fingerprint density at radius 2 is 2.24 bits per heavy atom. The zero-order chi connectivity index (χ0) is 12.6. The molecule has 0 bridgehead atoms. The quantitative estimate of drug-likeness (QED) is 0.844. The van der Waals surface area contributed by atoms with Gasteiger partial charge in [-0.05, 0) is 25.3 Å². The van der Waals surface area contributed by atoms with Gasteiger partial charge < -0.3 is 10.7 Å². The number of nitrogens with zero attached hydrogens (tertiary/aromatic N) is 1. The molecule has 17 heavy (non-hydrogen) atoms. The molecule has 6 heteroatoms. The average Bonchev–Trinajstić information content (AvgIpc) is 2.85. The van der Waals surface area contributed by atoms with E-state index in [4.69, 9.17) is 5.73 Å². The van der Waals surface area contributed by atoms with E-state index in [1.54, 1.807) is 10.4 Å². The molecule has 2 rings (SSSR count). The van der Waals surface area contributed by atoms with Crippen LogP contribution in [0.2, 0.25) is 0 Å². The summed E-state index contributed by atoms with van der Waals surface area (Å²) in [5, 5.41) is 0. The SMILES string of the molecule is CC1CC(C)N(S(=O)(=O)c2c[nH]c(CN)c2)C1. The van der Waals surface area contributed by atoms with Gasteiger partial charge in [-0.3, -0.25) is 0 Å². The molecule has 0 radical (unpaired) electrons. The van der Waals surface area contributed by atoms with Gasteiger partial charge in [0.15, 0.2) is 0 Å². The molecule has 0 aliphatic carbocycles. The topological polar surface area (TPSA) is 79.2 Å². The maximum absolute atomic E-state index is 12.4. The van der Waals surface area contributed by atoms with E-state index in [0.29, 0.717) is 23.9 Å². The fraction of sp³-hybridized carbons (Fsp3) is 0.636. The molecule has 3 N–H and O–H groups in total. The molecule has 1 aromatic rings. The molecule has 1 aliphatic rings. The average molecular weight is 257 g/mol. The summed E-state index contributed by atoms with van der Waals surface area (Å²) >= 11 is 0. The minimum atomic E-state index is -3.36. The van der Waals surface area contributed by atoms with Crippen LogP contribution in [0.4, 0.5) is 0 Å². The Bertz CT molecular complexity index is 495. The minimum absolute atomic E-state index is 0.0752. The van der Waals surface area contributed by atoms with Crippen LogP contribution in [0.1, 0.15) is 26.0 Å². The zero-order valence-corrected chi connectivity index (χ0v) is 11.0. The second kappa shape index (κ2) is 4.44. The fourth-order valence-electron chi connectivity index (χ4n) is 2.42. The molecule has 2 unspecified atom stereocenters. The number of aromatic amines is 1. The van der Waals surface area contributed by atoms with E-state index in [0.717, 1.165) is 12.1 Å². The maximum Gasteiger partial charge on any atom is 0.244 e. The van der Waals surface area contributed by atoms with Crippen molar-refractivity contribution in [2.45, 2.75) is 37.8 Å². The molecule has 2 atom stereocenters. The van der Waals surface area contributed by atoms with Crippen molar-refractivity contribution in [1.29, 1.82) is 0 Å². The van der Waals surface area contributed by atoms with E-state index in [1.165, 1.54) is 6.20 Å². The highest BCUT2D eigenvalue weighted by atomic mass is 32.2. The first-order valence-corrected chi connectivity index (χ1v) is 7.28. The molecule has 1 aliphatic heterocycles. The van der Waals surface area contributed by atoms with Crippen LogP contribution in [0, 0.1) is 5.92 Å². The van der Waals surface area contributed by atoms with Gasteiger partial charge in [-0.2, -0.15) is 4.31 Å². The Kier molecular flexibility index (Phi) is 3.29. The van der Waals surface area contributed by atoms with Crippen molar-refractivity contribution in [3.05, 3.63) is 18.0 Å². The van der Waals surface area contributed by atoms with E-state index in [-0.39, 0.29) is 6.04 Å². The molecule has 1 fully saturated rings. The highest BCUT2D eigenvalue weighted by molar-refractivity contribution is 7.89. The molecule has 5 nitrogen and oxygen atoms in total. The van der Waals surface area contributed by atoms with Gasteiger partial charge in [0.2, 0.25) is 10.0 Å². The third kappa shape index (κ3) is 2.25. The number of sulfonamides is 1. The van der Waals surface area contributed by atoms with E-state index < -0.39 is 10.0 Å². The normalized spacial score (nSPS) is 26.5. The van der Waals surface area contributed by atoms with Crippen LogP contribution in [0.5, 0.6) is 0 Å². The van der Waals surface area contributed by atoms with Gasteiger partial charge in [-0.25, -0.2) is 8.42 Å². The standard InChI is InChI=1S/C11H19N3O2S/c1-8-3-9(2)14(7-8)17(15,16)11-4-10(5-12)13-6-11/h4,6,8-9,13H,3,5,7,12H2,1-2H3. The molecule has 1 saturated heterocycles. The van der Waals surface area contributed by atoms with Crippen LogP contribution in [-0.2, 0) is 16.6 Å². The third-order valence-electron chi connectivity index (χ3n) is 3.27. The van der Waals surface area contributed by atoms with Gasteiger partial charge in [0, 0.05) is 31.0 Å². The molecule has 0 spiro atoms. The van der Waals surface area contributed by atoms with Gasteiger partial charge in [0.05, 0.1) is 4.90 Å². The molecular formula is C11H19N3O2S. The lowest BCUT2D eigenvalue weighted by molar-refractivity contribution is 0.405. The van der Waals surface area contributed by atoms with Crippen LogP contribution in [0.3, 0.4) is 0 Å². The van der Waals surface area contributed by atoms with E-state index in [1.807, 2.05) is 6.92 Å². The summed E-state index contributed by atoms with van der Waals surface area (Å²) in [6.07, 6.45) is 2.45. The van der Waals surface area contributed by atoms with Gasteiger partial charge in [-0.15, -0.1) is 0 Å². The largest absolute Gasteiger partial charge is 0.363 e. The fourth-order valence-corrected chi connectivity index (χ4v) is 4.20. The highest BCUT2D eigenvalue weighted by Gasteiger charge is 2.36. The van der Waals surface area contributed by atoms with Crippen LogP contribution in [0.15, 0.2) is 17.2 Å². The third-order valence-corrected chi connectivity index (χ3v) is 5.23. The van der Waals surface area contributed by atoms with E-state index in [2.05, 4.69) is 11.9 Å². The summed E-state index contributed by atoms with van der Waals surface area (Å²) in [5.41, 5.74) is 6.21. The van der Waals surface area contributed by atoms with Crippen LogP contribution in [0.25, 0.3) is 0 Å². The molecule has 1 aromatic heterocycles. The Balaban J connectivity index is 2.30. The molecular weight excluding hydrogens is 238 g/mol. The molecule has 0 saturated carbocycles. The predicted octanol–water partition coefficient (Wildman–Crippen LogP) is 0.892. The van der Waals surface area contributed by atoms with Crippen molar-refractivity contribution in [3.8, 4) is 0 Å². The lowest BCUT2D eigenvalue weighted by Gasteiger charge is -2.19. The zero-order valence-electron chi connectivity index (χ0n) is 10.2. The summed E-state index contributed by atoms with van der Waals surface area (Å²) in [6, 6.07) is 1.69. The first-order valence-electron chi connectivity index (χ1n) is 5.84. The summed E-state index contributed by atoms with van der Waals surface area (Å²) in [5.74, 6) is 0.424. The Labute approximate surface area is 102 Å². The summed E-state index contributed by atoms with van der Waals surface area (Å²) in [6.45, 7) is 4.96. The van der Waals surface area contributed by atoms with Crippen molar-refractivity contribution in [2.24, 2.45) is 11.7 Å². The van der Waals surface area contributed by atoms with Crippen LogP contribution < -0.4 is 5.73 Å². The van der Waals surface area contributed by atoms with Crippen molar-refractivity contribution in [2.75, 3.05) is 6.54 Å². The molecule has 96 valence electrons. The number of rotatable bonds is 3. The Morgan fingerprint density at radius 1 is 1.53 bits per heavy atom. The number of hydrogen-bond acceptors (Lipinski definition) is 3. The summed E-state index contributed by atoms with van der Waals surface area (Å²) in [7, 11) is -3.36. The number of nitrogens with one attached hydrogen (secondary N) is 1. The highest BCUT2D eigenvalue weighted by Crippen LogP contribution is 2.29. The van der Waals surface area contributed by atoms with Crippen LogP contribution in [-0.4, -0.2) is 30.3 Å². The minimum Gasteiger partial charge on any atom is -0.363 e. The Morgan fingerprint density at radius 3 is 2.71 bits per heavy atom.